The fourth-order valence-electron chi connectivity index (χ4n) is 2.49. The van der Waals surface area contributed by atoms with E-state index in [1.54, 1.807) is 0 Å². The Hall–Kier alpha value is -1.39. The first-order valence-electron chi connectivity index (χ1n) is 7.14. The third kappa shape index (κ3) is 3.19. The second-order valence-corrected chi connectivity index (χ2v) is 6.04. The molecule has 2 N–H and O–H groups in total. The number of hydrogen-bond donors (Lipinski definition) is 2. The molecule has 0 spiro atoms. The molecule has 2 aromatic rings. The molecule has 1 atom stereocenters. The maximum absolute atomic E-state index is 11.4. The number of rotatable bonds is 7. The topological polar surface area (TPSA) is 49.3 Å². The highest BCUT2D eigenvalue weighted by atomic mass is 32.1. The maximum atomic E-state index is 11.4. The molecule has 4 heteroatoms. The molecule has 0 aliphatic heterocycles. The molecular weight excluding hydrogens is 270 g/mol. The van der Waals surface area contributed by atoms with Gasteiger partial charge in [0.1, 0.15) is 4.88 Å². The Morgan fingerprint density at radius 3 is 2.75 bits per heavy atom. The van der Waals surface area contributed by atoms with Crippen molar-refractivity contribution in [2.24, 2.45) is 0 Å². The van der Waals surface area contributed by atoms with Crippen molar-refractivity contribution in [1.29, 1.82) is 0 Å². The molecule has 0 saturated carbocycles. The second kappa shape index (κ2) is 6.86. The van der Waals surface area contributed by atoms with Crippen molar-refractivity contribution in [2.45, 2.75) is 45.7 Å². The van der Waals surface area contributed by atoms with Crippen molar-refractivity contribution in [1.82, 2.24) is 5.32 Å². The lowest BCUT2D eigenvalue weighted by molar-refractivity contribution is 0.0701. The molecule has 0 aliphatic carbocycles. The smallest absolute Gasteiger partial charge is 0.346 e. The first-order valence-corrected chi connectivity index (χ1v) is 7.96. The van der Waals surface area contributed by atoms with Crippen LogP contribution in [-0.2, 0) is 6.54 Å². The number of hydrogen-bond acceptors (Lipinski definition) is 3. The van der Waals surface area contributed by atoms with Crippen molar-refractivity contribution in [3.63, 3.8) is 0 Å². The van der Waals surface area contributed by atoms with E-state index in [-0.39, 0.29) is 0 Å². The quantitative estimate of drug-likeness (QED) is 0.801. The van der Waals surface area contributed by atoms with Crippen LogP contribution in [0.2, 0.25) is 0 Å². The Balaban J connectivity index is 2.27. The van der Waals surface area contributed by atoms with Gasteiger partial charge in [-0.05, 0) is 29.9 Å². The molecular formula is C16H21NO2S. The van der Waals surface area contributed by atoms with Crippen molar-refractivity contribution >= 4 is 27.4 Å². The number of fused-ring (bicyclic) bond motifs is 1. The number of nitrogens with one attached hydrogen (secondary N) is 1. The molecule has 1 unspecified atom stereocenters. The number of carboxylic acids is 1. The molecule has 20 heavy (non-hydrogen) atoms. The predicted octanol–water partition coefficient (Wildman–Crippen LogP) is 4.27. The van der Waals surface area contributed by atoms with Gasteiger partial charge >= 0.3 is 5.97 Å². The van der Waals surface area contributed by atoms with Crippen LogP contribution in [0.25, 0.3) is 10.1 Å². The Labute approximate surface area is 123 Å². The van der Waals surface area contributed by atoms with Gasteiger partial charge in [0.05, 0.1) is 0 Å². The van der Waals surface area contributed by atoms with E-state index in [9.17, 15) is 9.90 Å². The lowest BCUT2D eigenvalue weighted by atomic mass is 10.1. The van der Waals surface area contributed by atoms with Gasteiger partial charge in [0, 0.05) is 17.3 Å². The molecule has 0 saturated heterocycles. The minimum Gasteiger partial charge on any atom is -0.477 e. The molecule has 0 aliphatic rings. The summed E-state index contributed by atoms with van der Waals surface area (Å²) in [5, 5.41) is 13.9. The molecule has 1 aromatic heterocycles. The van der Waals surface area contributed by atoms with Crippen LogP contribution in [0.1, 0.15) is 48.3 Å². The van der Waals surface area contributed by atoms with Crippen LogP contribution in [-0.4, -0.2) is 17.1 Å². The van der Waals surface area contributed by atoms with Gasteiger partial charge in [0.15, 0.2) is 0 Å². The van der Waals surface area contributed by atoms with Gasteiger partial charge in [-0.15, -0.1) is 11.3 Å². The van der Waals surface area contributed by atoms with E-state index in [1.807, 2.05) is 24.3 Å². The van der Waals surface area contributed by atoms with E-state index < -0.39 is 5.97 Å². The minimum atomic E-state index is -0.827. The van der Waals surface area contributed by atoms with Gasteiger partial charge in [-0.1, -0.05) is 38.5 Å². The van der Waals surface area contributed by atoms with Gasteiger partial charge in [0.25, 0.3) is 0 Å². The van der Waals surface area contributed by atoms with Crippen LogP contribution in [0.4, 0.5) is 0 Å². The summed E-state index contributed by atoms with van der Waals surface area (Å²) in [6.07, 6.45) is 3.33. The number of thiophene rings is 1. The highest BCUT2D eigenvalue weighted by Crippen LogP contribution is 2.31. The van der Waals surface area contributed by atoms with Crippen LogP contribution in [0.15, 0.2) is 24.3 Å². The van der Waals surface area contributed by atoms with Crippen molar-refractivity contribution in [3.8, 4) is 0 Å². The molecule has 1 aromatic carbocycles. The van der Waals surface area contributed by atoms with Crippen LogP contribution >= 0.6 is 11.3 Å². The Morgan fingerprint density at radius 1 is 1.35 bits per heavy atom. The first-order chi connectivity index (χ1) is 9.67. The summed E-state index contributed by atoms with van der Waals surface area (Å²) in [5.41, 5.74) is 0.924. The second-order valence-electron chi connectivity index (χ2n) is 4.99. The monoisotopic (exact) mass is 291 g/mol. The summed E-state index contributed by atoms with van der Waals surface area (Å²) in [4.78, 5) is 11.9. The van der Waals surface area contributed by atoms with E-state index >= 15 is 0 Å². The van der Waals surface area contributed by atoms with Crippen LogP contribution in [0.5, 0.6) is 0 Å². The Kier molecular flexibility index (Phi) is 5.15. The first kappa shape index (κ1) is 15.0. The van der Waals surface area contributed by atoms with Gasteiger partial charge in [-0.25, -0.2) is 4.79 Å². The minimum absolute atomic E-state index is 0.459. The lowest BCUT2D eigenvalue weighted by Gasteiger charge is -2.16. The third-order valence-corrected chi connectivity index (χ3v) is 4.79. The molecule has 0 fully saturated rings. The average Bonchev–Trinajstić information content (AvgIpc) is 2.82. The molecule has 0 bridgehead atoms. The van der Waals surface area contributed by atoms with Gasteiger partial charge in [0.2, 0.25) is 0 Å². The van der Waals surface area contributed by atoms with E-state index in [1.165, 1.54) is 11.3 Å². The normalized spacial score (nSPS) is 12.7. The molecule has 1 heterocycles. The van der Waals surface area contributed by atoms with Crippen LogP contribution in [0, 0.1) is 0 Å². The predicted molar refractivity (Wildman–Crippen MR) is 84.6 cm³/mol. The molecule has 0 radical (unpaired) electrons. The standard InChI is InChI=1S/C16H21NO2S/c1-3-7-11(4-2)17-10-13-12-8-5-6-9-14(12)20-15(13)16(18)19/h5-6,8-9,11,17H,3-4,7,10H2,1-2H3,(H,18,19). The Bertz CT molecular complexity index is 591. The summed E-state index contributed by atoms with van der Waals surface area (Å²) in [7, 11) is 0. The number of carbonyl (C=O) groups is 1. The highest BCUT2D eigenvalue weighted by molar-refractivity contribution is 7.21. The summed E-state index contributed by atoms with van der Waals surface area (Å²) < 4.78 is 1.05. The number of aromatic carboxylic acids is 1. The third-order valence-electron chi connectivity index (χ3n) is 3.59. The molecule has 108 valence electrons. The lowest BCUT2D eigenvalue weighted by Crippen LogP contribution is -2.28. The largest absolute Gasteiger partial charge is 0.477 e. The average molecular weight is 291 g/mol. The molecule has 2 rings (SSSR count). The molecule has 3 nitrogen and oxygen atoms in total. The summed E-state index contributed by atoms with van der Waals surface area (Å²) in [6.45, 7) is 4.97. The highest BCUT2D eigenvalue weighted by Gasteiger charge is 2.17. The zero-order valence-corrected chi connectivity index (χ0v) is 12.8. The summed E-state index contributed by atoms with van der Waals surface area (Å²) in [5.74, 6) is -0.827. The number of benzene rings is 1. The van der Waals surface area contributed by atoms with Crippen LogP contribution in [0.3, 0.4) is 0 Å². The Morgan fingerprint density at radius 2 is 2.10 bits per heavy atom. The zero-order valence-electron chi connectivity index (χ0n) is 12.0. The van der Waals surface area contributed by atoms with Crippen molar-refractivity contribution in [2.75, 3.05) is 0 Å². The summed E-state index contributed by atoms with van der Waals surface area (Å²) >= 11 is 1.37. The zero-order chi connectivity index (χ0) is 14.5. The maximum Gasteiger partial charge on any atom is 0.346 e. The van der Waals surface area contributed by atoms with Crippen molar-refractivity contribution < 1.29 is 9.90 Å². The van der Waals surface area contributed by atoms with Crippen LogP contribution < -0.4 is 5.32 Å². The fourth-order valence-corrected chi connectivity index (χ4v) is 3.55. The van der Waals surface area contributed by atoms with E-state index in [2.05, 4.69) is 19.2 Å². The van der Waals surface area contributed by atoms with E-state index in [0.717, 1.165) is 34.9 Å². The van der Waals surface area contributed by atoms with Gasteiger partial charge in [-0.3, -0.25) is 0 Å². The fraction of sp³-hybridized carbons (Fsp3) is 0.438. The molecule has 0 amide bonds. The van der Waals surface area contributed by atoms with Gasteiger partial charge < -0.3 is 10.4 Å². The number of carboxylic acid groups (broad SMARTS) is 1. The summed E-state index contributed by atoms with van der Waals surface area (Å²) in [6, 6.07) is 8.37. The van der Waals surface area contributed by atoms with E-state index in [4.69, 9.17) is 0 Å². The van der Waals surface area contributed by atoms with Gasteiger partial charge in [-0.2, -0.15) is 0 Å². The SMILES string of the molecule is CCCC(CC)NCc1c(C(=O)O)sc2ccccc12. The van der Waals surface area contributed by atoms with Crippen molar-refractivity contribution in [3.05, 3.63) is 34.7 Å². The van der Waals surface area contributed by atoms with E-state index in [0.29, 0.717) is 17.5 Å².